The Morgan fingerprint density at radius 1 is 0.380 bits per heavy atom. The molecule has 4 atom stereocenters. The summed E-state index contributed by atoms with van der Waals surface area (Å²) in [6.45, 7) is 1.99. The van der Waals surface area contributed by atoms with Gasteiger partial charge in [-0.15, -0.1) is 90.7 Å². The first-order chi connectivity index (χ1) is 33.5. The second-order valence-corrected chi connectivity index (χ2v) is 33.1. The van der Waals surface area contributed by atoms with E-state index in [1.165, 1.54) is 20.9 Å². The zero-order valence-electron chi connectivity index (χ0n) is 37.0. The van der Waals surface area contributed by atoms with Gasteiger partial charge in [0.05, 0.1) is 23.0 Å². The van der Waals surface area contributed by atoms with Crippen molar-refractivity contribution >= 4 is 131 Å². The minimum atomic E-state index is -4.39. The van der Waals surface area contributed by atoms with Gasteiger partial charge >= 0.3 is 0 Å². The Bertz CT molecular complexity index is 3960. The molecule has 4 aliphatic carbocycles. The first-order valence-electron chi connectivity index (χ1n) is 22.4. The van der Waals surface area contributed by atoms with Crippen LogP contribution in [0.15, 0.2) is 53.9 Å². The second kappa shape index (κ2) is 17.7. The molecule has 0 bridgehead atoms. The van der Waals surface area contributed by atoms with Gasteiger partial charge in [-0.05, 0) is 131 Å². The number of aryl methyl sites for hydroxylation is 1. The quantitative estimate of drug-likeness (QED) is 0.0494. The molecule has 372 valence electrons. The van der Waals surface area contributed by atoms with E-state index in [1.807, 2.05) is 13.0 Å². The average Bonchev–Trinajstić information content (AvgIpc) is 4.09. The maximum absolute atomic E-state index is 12.7. The molecule has 0 amide bonds. The van der Waals surface area contributed by atoms with Crippen molar-refractivity contribution in [3.8, 4) is 68.3 Å². The summed E-state index contributed by atoms with van der Waals surface area (Å²) in [4.78, 5) is 15.7. The first kappa shape index (κ1) is 49.1. The van der Waals surface area contributed by atoms with Crippen molar-refractivity contribution in [2.24, 2.45) is 0 Å². The van der Waals surface area contributed by atoms with Crippen molar-refractivity contribution in [2.45, 2.75) is 69.1 Å². The highest BCUT2D eigenvalue weighted by Gasteiger charge is 2.41. The molecule has 0 aromatic carbocycles. The molecule has 0 radical (unpaired) electrons. The number of hydrogen-bond acceptors (Lipinski definition) is 16. The summed E-state index contributed by atoms with van der Waals surface area (Å²) in [5.74, 6) is -2.46. The molecule has 0 saturated heterocycles. The Morgan fingerprint density at radius 3 is 1.04 bits per heavy atom. The third kappa shape index (κ3) is 9.11. The lowest BCUT2D eigenvalue weighted by Crippen LogP contribution is -2.12. The van der Waals surface area contributed by atoms with Crippen LogP contribution in [0.3, 0.4) is 0 Å². The molecule has 0 fully saturated rings. The van der Waals surface area contributed by atoms with Crippen LogP contribution in [-0.4, -0.2) is 74.9 Å². The molecule has 0 saturated carbocycles. The zero-order valence-corrected chi connectivity index (χ0v) is 46.8. The van der Waals surface area contributed by atoms with Gasteiger partial charge in [-0.25, -0.2) is 0 Å². The van der Waals surface area contributed by atoms with Crippen molar-refractivity contribution in [2.75, 3.05) is 23.0 Å². The van der Waals surface area contributed by atoms with Gasteiger partial charge in [0.25, 0.3) is 40.5 Å². The fraction of sp³-hybridized carbons (Fsp3) is 0.319. The van der Waals surface area contributed by atoms with Gasteiger partial charge in [0.2, 0.25) is 0 Å². The maximum Gasteiger partial charge on any atom is 0.265 e. The van der Waals surface area contributed by atoms with E-state index in [-0.39, 0.29) is 23.3 Å². The van der Waals surface area contributed by atoms with Gasteiger partial charge in [-0.1, -0.05) is 12.8 Å². The largest absolute Gasteiger partial charge is 0.286 e. The van der Waals surface area contributed by atoms with Crippen LogP contribution in [0.1, 0.15) is 112 Å². The van der Waals surface area contributed by atoms with E-state index < -0.39 is 63.8 Å². The molecule has 24 heteroatoms. The Hall–Kier alpha value is -2.76. The summed E-state index contributed by atoms with van der Waals surface area (Å²) >= 11 is 13.2. The predicted molar refractivity (Wildman–Crippen MR) is 293 cm³/mol. The highest BCUT2D eigenvalue weighted by molar-refractivity contribution is 7.86. The number of thiophene rings is 8. The van der Waals surface area contributed by atoms with Crippen molar-refractivity contribution in [1.29, 1.82) is 0 Å². The minimum absolute atomic E-state index is 0.0541. The van der Waals surface area contributed by atoms with Gasteiger partial charge in [0.1, 0.15) is 0 Å². The fourth-order valence-corrected chi connectivity index (χ4v) is 23.9. The Kier molecular flexibility index (Phi) is 12.2. The molecular formula is C47H40O12S12. The van der Waals surface area contributed by atoms with Gasteiger partial charge in [-0.3, -0.25) is 18.2 Å². The molecular weight excluding hydrogens is 1140 g/mol. The molecule has 8 heterocycles. The molecule has 8 aromatic heterocycles. The van der Waals surface area contributed by atoms with E-state index in [1.54, 1.807) is 90.7 Å². The van der Waals surface area contributed by atoms with E-state index in [2.05, 4.69) is 47.8 Å². The van der Waals surface area contributed by atoms with Crippen molar-refractivity contribution < 1.29 is 51.9 Å². The van der Waals surface area contributed by atoms with Gasteiger partial charge in [0.15, 0.2) is 0 Å². The molecule has 0 spiro atoms. The lowest BCUT2D eigenvalue weighted by molar-refractivity contribution is 0.476. The van der Waals surface area contributed by atoms with Crippen LogP contribution in [0.5, 0.6) is 0 Å². The van der Waals surface area contributed by atoms with Gasteiger partial charge in [-0.2, -0.15) is 33.7 Å². The molecule has 4 aliphatic rings. The fourth-order valence-electron chi connectivity index (χ4n) is 10.9. The van der Waals surface area contributed by atoms with Crippen LogP contribution in [0.25, 0.3) is 68.3 Å². The topological polar surface area (TPSA) is 217 Å². The molecule has 4 unspecified atom stereocenters. The zero-order chi connectivity index (χ0) is 49.7. The van der Waals surface area contributed by atoms with Crippen LogP contribution in [0.4, 0.5) is 0 Å². The number of fused-ring (bicyclic) bond motifs is 12. The molecule has 8 aromatic rings. The lowest BCUT2D eigenvalue weighted by Gasteiger charge is -2.11. The van der Waals surface area contributed by atoms with Crippen LogP contribution in [-0.2, 0) is 40.5 Å². The third-order valence-corrected chi connectivity index (χ3v) is 27.0. The van der Waals surface area contributed by atoms with Gasteiger partial charge in [0, 0.05) is 96.8 Å². The minimum Gasteiger partial charge on any atom is -0.286 e. The van der Waals surface area contributed by atoms with Crippen LogP contribution in [0, 0.1) is 6.92 Å². The smallest absolute Gasteiger partial charge is 0.265 e. The normalized spacial score (nSPS) is 18.7. The summed E-state index contributed by atoms with van der Waals surface area (Å²) in [6, 6.07) is 16.9. The van der Waals surface area contributed by atoms with Crippen molar-refractivity contribution in [3.63, 3.8) is 0 Å². The molecule has 12 nitrogen and oxygen atoms in total. The molecule has 71 heavy (non-hydrogen) atoms. The number of hydrogen-bond donors (Lipinski definition) is 4. The van der Waals surface area contributed by atoms with Crippen LogP contribution < -0.4 is 0 Å². The summed E-state index contributed by atoms with van der Waals surface area (Å²) in [5.41, 5.74) is 8.24. The standard InChI is InChI=1S/C47H40O12S12/c1-21-12-25-32(19-70(54,55)56)29-16-38(65-45(29)42(25)61-21)35-14-27-23(7-3-5-11-69(51,52)53)28-15-36(64-44(28)43(27)63-35)39-18-31-33(20-71(57,58)59)30-17-37(66-46(30)47(31)67-39)34-13-26-22(6-2-4-10-68(48,49)50)24-8-9-60-40(24)41(26)62-34/h8-9,12-18,22-23,32-33H,2-7,10-11,19-20H2,1H3,(H,48,49,50)(H,51,52,53)(H,54,55,56)(H,57,58,59). The second-order valence-electron chi connectivity index (χ2n) is 18.5. The Balaban J connectivity index is 0.882. The average molecular weight is 1180 g/mol. The first-order valence-corrected chi connectivity index (χ1v) is 35.4. The van der Waals surface area contributed by atoms with Crippen molar-refractivity contribution in [1.82, 2.24) is 0 Å². The Morgan fingerprint density at radius 2 is 0.690 bits per heavy atom. The van der Waals surface area contributed by atoms with E-state index >= 15 is 0 Å². The molecule has 0 aliphatic heterocycles. The summed E-state index contributed by atoms with van der Waals surface area (Å²) in [7, 11) is -16.8. The van der Waals surface area contributed by atoms with E-state index in [0.717, 1.165) is 103 Å². The van der Waals surface area contributed by atoms with Crippen LogP contribution in [0.2, 0.25) is 0 Å². The monoisotopic (exact) mass is 1180 g/mol. The summed E-state index contributed by atoms with van der Waals surface area (Å²) < 4.78 is 135. The van der Waals surface area contributed by atoms with E-state index in [9.17, 15) is 51.9 Å². The molecule has 4 N–H and O–H groups in total. The third-order valence-electron chi connectivity index (χ3n) is 13.7. The maximum atomic E-state index is 12.7. The van der Waals surface area contributed by atoms with E-state index in [4.69, 9.17) is 0 Å². The highest BCUT2D eigenvalue weighted by atomic mass is 32.2. The van der Waals surface area contributed by atoms with Crippen molar-refractivity contribution in [3.05, 3.63) is 103 Å². The SMILES string of the molecule is Cc1cc2c(s1)-c1sc(-c3cc4c(s3)-c3sc(-c5cc6c(s5)-c5sc(-c7cc8c(s7)-c7sccc7C8CCCCS(=O)(=O)O)cc5C6CS(=O)(=O)O)cc3C4CCCCS(=O)(=O)O)cc1C2CS(=O)(=O)O. The van der Waals surface area contributed by atoms with Crippen LogP contribution >= 0.6 is 90.7 Å². The number of unbranched alkanes of at least 4 members (excludes halogenated alkanes) is 2. The van der Waals surface area contributed by atoms with Gasteiger partial charge < -0.3 is 0 Å². The summed E-state index contributed by atoms with van der Waals surface area (Å²) in [6.07, 6.45) is 3.24. The highest BCUT2D eigenvalue weighted by Crippen LogP contribution is 2.63. The Labute approximate surface area is 442 Å². The summed E-state index contributed by atoms with van der Waals surface area (Å²) in [5, 5.41) is 2.07. The lowest BCUT2D eigenvalue weighted by atomic mass is 9.93. The number of rotatable bonds is 17. The van der Waals surface area contributed by atoms with E-state index in [0.29, 0.717) is 32.1 Å². The predicted octanol–water partition coefficient (Wildman–Crippen LogP) is 13.8. The molecule has 12 rings (SSSR count).